The number of rotatable bonds is 6. The van der Waals surface area contributed by atoms with Gasteiger partial charge in [0.15, 0.2) is 6.61 Å². The lowest BCUT2D eigenvalue weighted by atomic mass is 10.2. The van der Waals surface area contributed by atoms with E-state index in [2.05, 4.69) is 20.6 Å². The maximum Gasteiger partial charge on any atom is 0.262 e. The average Bonchev–Trinajstić information content (AvgIpc) is 2.63. The highest BCUT2D eigenvalue weighted by Gasteiger charge is 2.08. The van der Waals surface area contributed by atoms with E-state index in [9.17, 15) is 4.79 Å². The van der Waals surface area contributed by atoms with Gasteiger partial charge in [0.2, 0.25) is 5.95 Å². The molecule has 0 aliphatic rings. The zero-order chi connectivity index (χ0) is 20.1. The molecule has 1 heterocycles. The second-order valence-corrected chi connectivity index (χ2v) is 6.93. The van der Waals surface area contributed by atoms with Crippen LogP contribution < -0.4 is 15.4 Å². The fourth-order valence-corrected chi connectivity index (χ4v) is 2.81. The van der Waals surface area contributed by atoms with Crippen molar-refractivity contribution in [1.82, 2.24) is 9.97 Å². The number of benzene rings is 2. The average molecular weight is 417 g/mol. The second-order valence-electron chi connectivity index (χ2n) is 6.09. The van der Waals surface area contributed by atoms with Crippen LogP contribution in [0.4, 0.5) is 17.3 Å². The molecule has 6 nitrogen and oxygen atoms in total. The van der Waals surface area contributed by atoms with Crippen LogP contribution >= 0.6 is 23.2 Å². The van der Waals surface area contributed by atoms with Gasteiger partial charge in [-0.2, -0.15) is 0 Å². The first kappa shape index (κ1) is 19.9. The standard InChI is InChI=1S/C20H18Cl2N4O2/c1-12-9-13(2)24-20(23-12)26-16-6-4-15(5-7-16)25-19(27)11-28-18-10-14(21)3-8-17(18)22/h3-10H,11H2,1-2H3,(H,25,27)(H,23,24,26). The van der Waals surface area contributed by atoms with Gasteiger partial charge in [0.05, 0.1) is 5.02 Å². The maximum absolute atomic E-state index is 12.1. The van der Waals surface area contributed by atoms with Crippen molar-refractivity contribution in [3.05, 3.63) is 70.0 Å². The van der Waals surface area contributed by atoms with E-state index in [1.807, 2.05) is 32.0 Å². The van der Waals surface area contributed by atoms with Crippen LogP contribution in [0.2, 0.25) is 10.0 Å². The van der Waals surface area contributed by atoms with Gasteiger partial charge in [-0.05, 0) is 56.3 Å². The molecule has 1 aromatic heterocycles. The Morgan fingerprint density at radius 2 is 1.61 bits per heavy atom. The van der Waals surface area contributed by atoms with Crippen molar-refractivity contribution in [2.75, 3.05) is 17.2 Å². The number of halogens is 2. The van der Waals surface area contributed by atoms with E-state index in [-0.39, 0.29) is 12.5 Å². The Kier molecular flexibility index (Phi) is 6.34. The summed E-state index contributed by atoms with van der Waals surface area (Å²) < 4.78 is 5.42. The predicted molar refractivity (Wildman–Crippen MR) is 112 cm³/mol. The Bertz CT molecular complexity index is 974. The van der Waals surface area contributed by atoms with Gasteiger partial charge in [-0.15, -0.1) is 0 Å². The molecule has 0 bridgehead atoms. The molecule has 2 N–H and O–H groups in total. The molecule has 3 aromatic rings. The normalized spacial score (nSPS) is 10.4. The minimum absolute atomic E-state index is 0.184. The largest absolute Gasteiger partial charge is 0.482 e. The van der Waals surface area contributed by atoms with Crippen LogP contribution in [-0.2, 0) is 4.79 Å². The summed E-state index contributed by atoms with van der Waals surface area (Å²) in [7, 11) is 0. The van der Waals surface area contributed by atoms with Crippen LogP contribution in [0.25, 0.3) is 0 Å². The number of ether oxygens (including phenoxy) is 1. The Balaban J connectivity index is 1.56. The summed E-state index contributed by atoms with van der Waals surface area (Å²) in [5.74, 6) is 0.577. The number of aryl methyl sites for hydroxylation is 2. The summed E-state index contributed by atoms with van der Waals surface area (Å²) in [6.07, 6.45) is 0. The molecule has 0 atom stereocenters. The molecule has 0 spiro atoms. The number of hydrogen-bond acceptors (Lipinski definition) is 5. The minimum Gasteiger partial charge on any atom is -0.482 e. The fourth-order valence-electron chi connectivity index (χ4n) is 2.48. The van der Waals surface area contributed by atoms with Crippen LogP contribution in [-0.4, -0.2) is 22.5 Å². The molecule has 144 valence electrons. The molecule has 8 heteroatoms. The SMILES string of the molecule is Cc1cc(C)nc(Nc2ccc(NC(=O)COc3cc(Cl)ccc3Cl)cc2)n1. The van der Waals surface area contributed by atoms with E-state index < -0.39 is 0 Å². The number of nitrogens with zero attached hydrogens (tertiary/aromatic N) is 2. The molecule has 2 aromatic carbocycles. The zero-order valence-corrected chi connectivity index (χ0v) is 16.8. The number of carbonyl (C=O) groups excluding carboxylic acids is 1. The molecular formula is C20H18Cl2N4O2. The first-order valence-electron chi connectivity index (χ1n) is 8.46. The van der Waals surface area contributed by atoms with Crippen LogP contribution in [0.3, 0.4) is 0 Å². The lowest BCUT2D eigenvalue weighted by Crippen LogP contribution is -2.20. The van der Waals surface area contributed by atoms with E-state index >= 15 is 0 Å². The van der Waals surface area contributed by atoms with Gasteiger partial charge >= 0.3 is 0 Å². The third-order valence-electron chi connectivity index (χ3n) is 3.66. The summed E-state index contributed by atoms with van der Waals surface area (Å²) in [6.45, 7) is 3.64. The van der Waals surface area contributed by atoms with E-state index in [1.165, 1.54) is 0 Å². The number of anilines is 3. The minimum atomic E-state index is -0.311. The van der Waals surface area contributed by atoms with Crippen LogP contribution in [0.1, 0.15) is 11.4 Å². The maximum atomic E-state index is 12.1. The third kappa shape index (κ3) is 5.58. The van der Waals surface area contributed by atoms with Crippen molar-refractivity contribution >= 4 is 46.4 Å². The molecule has 0 saturated carbocycles. The summed E-state index contributed by atoms with van der Waals surface area (Å²) in [4.78, 5) is 20.8. The molecule has 0 radical (unpaired) electrons. The Hall–Kier alpha value is -2.83. The van der Waals surface area contributed by atoms with E-state index in [0.29, 0.717) is 27.4 Å². The topological polar surface area (TPSA) is 76.1 Å². The van der Waals surface area contributed by atoms with Gasteiger partial charge in [-0.1, -0.05) is 23.2 Å². The van der Waals surface area contributed by atoms with Gasteiger partial charge in [-0.25, -0.2) is 9.97 Å². The Morgan fingerprint density at radius 1 is 0.964 bits per heavy atom. The van der Waals surface area contributed by atoms with Crippen LogP contribution in [0.5, 0.6) is 5.75 Å². The Labute approximate surface area is 172 Å². The van der Waals surface area contributed by atoms with Gasteiger partial charge in [0.25, 0.3) is 5.91 Å². The van der Waals surface area contributed by atoms with Gasteiger partial charge in [0.1, 0.15) is 5.75 Å². The van der Waals surface area contributed by atoms with Gasteiger partial charge in [0, 0.05) is 33.9 Å². The number of aromatic nitrogens is 2. The molecule has 28 heavy (non-hydrogen) atoms. The first-order chi connectivity index (χ1) is 13.4. The van der Waals surface area contributed by atoms with E-state index in [4.69, 9.17) is 27.9 Å². The summed E-state index contributed by atoms with van der Waals surface area (Å²) in [5, 5.41) is 6.77. The molecule has 3 rings (SSSR count). The number of carbonyl (C=O) groups is 1. The lowest BCUT2D eigenvalue weighted by molar-refractivity contribution is -0.118. The highest BCUT2D eigenvalue weighted by Crippen LogP contribution is 2.27. The number of hydrogen-bond donors (Lipinski definition) is 2. The molecule has 1 amide bonds. The quantitative estimate of drug-likeness (QED) is 0.579. The van der Waals surface area contributed by atoms with E-state index in [0.717, 1.165) is 17.1 Å². The molecule has 0 aliphatic heterocycles. The van der Waals surface area contributed by atoms with Crippen molar-refractivity contribution in [2.24, 2.45) is 0 Å². The molecule has 0 fully saturated rings. The monoisotopic (exact) mass is 416 g/mol. The molecular weight excluding hydrogens is 399 g/mol. The predicted octanol–water partition coefficient (Wildman–Crippen LogP) is 5.16. The molecule has 0 saturated heterocycles. The van der Waals surface area contributed by atoms with Crippen LogP contribution in [0, 0.1) is 13.8 Å². The lowest BCUT2D eigenvalue weighted by Gasteiger charge is -2.10. The van der Waals surface area contributed by atoms with Crippen molar-refractivity contribution < 1.29 is 9.53 Å². The van der Waals surface area contributed by atoms with Gasteiger partial charge in [-0.3, -0.25) is 4.79 Å². The van der Waals surface area contributed by atoms with Crippen molar-refractivity contribution in [2.45, 2.75) is 13.8 Å². The van der Waals surface area contributed by atoms with Crippen molar-refractivity contribution in [3.8, 4) is 5.75 Å². The van der Waals surface area contributed by atoms with Gasteiger partial charge < -0.3 is 15.4 Å². The zero-order valence-electron chi connectivity index (χ0n) is 15.3. The molecule has 0 aliphatic carbocycles. The van der Waals surface area contributed by atoms with Crippen LogP contribution in [0.15, 0.2) is 48.5 Å². The Morgan fingerprint density at radius 3 is 2.29 bits per heavy atom. The summed E-state index contributed by atoms with van der Waals surface area (Å²) in [5.41, 5.74) is 3.22. The van der Waals surface area contributed by atoms with Crippen molar-refractivity contribution in [1.29, 1.82) is 0 Å². The van der Waals surface area contributed by atoms with Crippen molar-refractivity contribution in [3.63, 3.8) is 0 Å². The highest BCUT2D eigenvalue weighted by molar-refractivity contribution is 6.34. The summed E-state index contributed by atoms with van der Waals surface area (Å²) in [6, 6.07) is 13.9. The second kappa shape index (κ2) is 8.91. The first-order valence-corrected chi connectivity index (χ1v) is 9.22. The molecule has 0 unspecified atom stereocenters. The smallest absolute Gasteiger partial charge is 0.262 e. The number of nitrogens with one attached hydrogen (secondary N) is 2. The fraction of sp³-hybridized carbons (Fsp3) is 0.150. The van der Waals surface area contributed by atoms with E-state index in [1.54, 1.807) is 30.3 Å². The number of amides is 1. The highest BCUT2D eigenvalue weighted by atomic mass is 35.5. The third-order valence-corrected chi connectivity index (χ3v) is 4.21. The summed E-state index contributed by atoms with van der Waals surface area (Å²) >= 11 is 11.9.